The fraction of sp³-hybridized carbons (Fsp3) is 0.893. The lowest BCUT2D eigenvalue weighted by molar-refractivity contribution is -0.200. The third kappa shape index (κ3) is 71.8. The largest absolute Gasteiger partial charge is 0.463 e. The van der Waals surface area contributed by atoms with Gasteiger partial charge in [-0.15, -0.1) is 0 Å². The molecular weight excluding hydrogens is 1190 g/mol. The summed E-state index contributed by atoms with van der Waals surface area (Å²) in [5, 5.41) is 0. The number of ether oxygens (including phenoxy) is 10. The van der Waals surface area contributed by atoms with Crippen LogP contribution in [0.3, 0.4) is 0 Å². The molecule has 0 rings (SSSR count). The second kappa shape index (κ2) is 73.5. The highest BCUT2D eigenvalue weighted by Crippen LogP contribution is 2.18. The average Bonchev–Trinajstić information content (AvgIpc) is 3.50. The fourth-order valence-corrected chi connectivity index (χ4v) is 10.4. The number of rotatable bonds is 69. The van der Waals surface area contributed by atoms with Crippen molar-refractivity contribution in [1.29, 1.82) is 0 Å². The van der Waals surface area contributed by atoms with E-state index in [1.165, 1.54) is 207 Å². The molecule has 0 aromatic carbocycles. The van der Waals surface area contributed by atoms with Crippen LogP contribution in [0.1, 0.15) is 362 Å². The minimum atomic E-state index is -1.31. The van der Waals surface area contributed by atoms with Gasteiger partial charge in [-0.1, -0.05) is 278 Å². The third-order valence-electron chi connectivity index (χ3n) is 16.1. The van der Waals surface area contributed by atoms with Gasteiger partial charge in [0.25, 0.3) is 6.29 Å². The molecule has 2 unspecified atom stereocenters. The molecule has 0 spiro atoms. The first-order valence-electron chi connectivity index (χ1n) is 37.7. The second-order valence-corrected chi connectivity index (χ2v) is 25.1. The Bertz CT molecular complexity index is 1740. The summed E-state index contributed by atoms with van der Waals surface area (Å²) in [6.07, 6.45) is 49.6. The molecule has 546 valence electrons. The molecule has 0 aromatic rings. The zero-order valence-electron chi connectivity index (χ0n) is 60.2. The zero-order valence-corrected chi connectivity index (χ0v) is 60.2. The molecule has 0 radical (unpaired) electrons. The summed E-state index contributed by atoms with van der Waals surface area (Å²) in [6.45, 7) is 9.01. The molecule has 0 N–H and O–H groups in total. The average molecular weight is 1330 g/mol. The van der Waals surface area contributed by atoms with Crippen molar-refractivity contribution in [3.63, 3.8) is 0 Å². The summed E-state index contributed by atoms with van der Waals surface area (Å²) in [5.74, 6) is -3.84. The number of hydrogen-bond donors (Lipinski definition) is 0. The maximum atomic E-state index is 12.5. The molecule has 18 nitrogen and oxygen atoms in total. The minimum Gasteiger partial charge on any atom is -0.463 e. The topological polar surface area (TPSA) is 229 Å². The number of carbonyl (C=O) groups is 8. The molecule has 0 fully saturated rings. The molecule has 0 saturated carbocycles. The molecule has 0 heterocycles. The highest BCUT2D eigenvalue weighted by molar-refractivity contribution is 5.78. The van der Waals surface area contributed by atoms with Crippen LogP contribution in [0.25, 0.3) is 0 Å². The second-order valence-electron chi connectivity index (χ2n) is 25.1. The number of esters is 8. The quantitative estimate of drug-likeness (QED) is 0.0238. The normalized spacial score (nSPS) is 11.6. The lowest BCUT2D eigenvalue weighted by Gasteiger charge is -2.18. The summed E-state index contributed by atoms with van der Waals surface area (Å²) in [5.41, 5.74) is 0. The molecule has 18 heteroatoms. The van der Waals surface area contributed by atoms with Crippen LogP contribution in [-0.2, 0) is 85.7 Å². The van der Waals surface area contributed by atoms with Crippen molar-refractivity contribution in [2.45, 2.75) is 374 Å². The molecule has 0 saturated heterocycles. The summed E-state index contributed by atoms with van der Waals surface area (Å²) in [4.78, 5) is 97.9. The smallest absolute Gasteiger partial charge is 0.309 e. The number of carbonyl (C=O) groups excluding carboxylic acids is 8. The van der Waals surface area contributed by atoms with Gasteiger partial charge in [0.05, 0.1) is 26.1 Å². The summed E-state index contributed by atoms with van der Waals surface area (Å²) >= 11 is 0. The molecule has 2 atom stereocenters. The van der Waals surface area contributed by atoms with Crippen LogP contribution < -0.4 is 0 Å². The molecule has 0 aromatic heterocycles. The van der Waals surface area contributed by atoms with Crippen molar-refractivity contribution in [3.05, 3.63) is 0 Å². The Morgan fingerprint density at radius 2 is 0.430 bits per heavy atom. The summed E-state index contributed by atoms with van der Waals surface area (Å²) in [6, 6.07) is 0. The van der Waals surface area contributed by atoms with E-state index in [1.54, 1.807) is 0 Å². The van der Waals surface area contributed by atoms with Crippen LogP contribution in [0.2, 0.25) is 0 Å². The molecule has 0 amide bonds. The lowest BCUT2D eigenvalue weighted by atomic mass is 10.1. The predicted octanol–water partition coefficient (Wildman–Crippen LogP) is 18.7. The van der Waals surface area contributed by atoms with Crippen molar-refractivity contribution in [2.75, 3.05) is 60.5 Å². The SMILES string of the molecule is CCCCCCCCCCCCCC(=O)OCC(COC(=O)CCC(=O)OCCOC)OC(=O)CCCCCCCCCCCC.CCCCCCCCCCCCCC(=O)OCC(OC(=O)CCCCCCCCCCCCC)OC(=O)CCCC(=O)OCCOC. The van der Waals surface area contributed by atoms with Gasteiger partial charge < -0.3 is 47.4 Å². The van der Waals surface area contributed by atoms with E-state index in [-0.39, 0.29) is 97.0 Å². The Balaban J connectivity index is 0. The van der Waals surface area contributed by atoms with Crippen LogP contribution in [0, 0.1) is 0 Å². The third-order valence-corrected chi connectivity index (χ3v) is 16.1. The maximum absolute atomic E-state index is 12.5. The van der Waals surface area contributed by atoms with Gasteiger partial charge in [-0.2, -0.15) is 0 Å². The number of hydrogen-bond acceptors (Lipinski definition) is 18. The first-order valence-corrected chi connectivity index (χ1v) is 37.7. The van der Waals surface area contributed by atoms with Gasteiger partial charge in [-0.25, -0.2) is 0 Å². The van der Waals surface area contributed by atoms with Crippen molar-refractivity contribution >= 4 is 47.8 Å². The molecule has 0 aliphatic carbocycles. The predicted molar refractivity (Wildman–Crippen MR) is 367 cm³/mol. The van der Waals surface area contributed by atoms with E-state index < -0.39 is 54.2 Å². The van der Waals surface area contributed by atoms with E-state index in [1.807, 2.05) is 0 Å². The first-order chi connectivity index (χ1) is 45.3. The molecular formula is C75H138O18. The van der Waals surface area contributed by atoms with E-state index in [0.29, 0.717) is 19.4 Å². The number of unbranched alkanes of at least 4 members (excludes halogenated alkanes) is 39. The zero-order chi connectivity index (χ0) is 68.6. The van der Waals surface area contributed by atoms with Crippen LogP contribution in [0.5, 0.6) is 0 Å². The Morgan fingerprint density at radius 1 is 0.215 bits per heavy atom. The van der Waals surface area contributed by atoms with Crippen molar-refractivity contribution in [3.8, 4) is 0 Å². The molecule has 0 aliphatic heterocycles. The van der Waals surface area contributed by atoms with E-state index in [4.69, 9.17) is 47.4 Å². The minimum absolute atomic E-state index is 0.0517. The lowest BCUT2D eigenvalue weighted by Crippen LogP contribution is -2.31. The van der Waals surface area contributed by atoms with E-state index >= 15 is 0 Å². The van der Waals surface area contributed by atoms with E-state index in [0.717, 1.165) is 77.0 Å². The summed E-state index contributed by atoms with van der Waals surface area (Å²) < 4.78 is 51.9. The Labute approximate surface area is 565 Å². The van der Waals surface area contributed by atoms with Gasteiger partial charge in [-0.05, 0) is 32.1 Å². The van der Waals surface area contributed by atoms with Crippen LogP contribution in [0.4, 0.5) is 0 Å². The van der Waals surface area contributed by atoms with E-state index in [2.05, 4.69) is 27.7 Å². The van der Waals surface area contributed by atoms with Gasteiger partial charge in [0.15, 0.2) is 12.7 Å². The van der Waals surface area contributed by atoms with Gasteiger partial charge in [0.1, 0.15) is 26.4 Å². The van der Waals surface area contributed by atoms with Crippen LogP contribution in [0.15, 0.2) is 0 Å². The number of methoxy groups -OCH3 is 2. The van der Waals surface area contributed by atoms with Gasteiger partial charge in [-0.3, -0.25) is 38.4 Å². The van der Waals surface area contributed by atoms with Crippen molar-refractivity contribution < 1.29 is 85.7 Å². The maximum Gasteiger partial charge on any atom is 0.309 e. The highest BCUT2D eigenvalue weighted by atomic mass is 16.7. The van der Waals surface area contributed by atoms with Crippen LogP contribution >= 0.6 is 0 Å². The van der Waals surface area contributed by atoms with Gasteiger partial charge in [0, 0.05) is 52.7 Å². The van der Waals surface area contributed by atoms with Gasteiger partial charge in [0.2, 0.25) is 0 Å². The highest BCUT2D eigenvalue weighted by Gasteiger charge is 2.23. The Hall–Kier alpha value is -4.32. The van der Waals surface area contributed by atoms with Crippen molar-refractivity contribution in [1.82, 2.24) is 0 Å². The Kier molecular flexibility index (Phi) is 71.7. The Morgan fingerprint density at radius 3 is 0.731 bits per heavy atom. The summed E-state index contributed by atoms with van der Waals surface area (Å²) in [7, 11) is 3.02. The first kappa shape index (κ1) is 90.7. The van der Waals surface area contributed by atoms with Crippen LogP contribution in [-0.4, -0.2) is 121 Å². The monoisotopic (exact) mass is 1330 g/mol. The fourth-order valence-electron chi connectivity index (χ4n) is 10.4. The van der Waals surface area contributed by atoms with Gasteiger partial charge >= 0.3 is 47.8 Å². The van der Waals surface area contributed by atoms with Crippen molar-refractivity contribution in [2.24, 2.45) is 0 Å². The standard InChI is InChI=1S/C38H70O9.C37H68O9/c1-4-6-8-10-12-14-16-18-20-22-24-27-35(40)45-33-38(47-37(42)30-26-29-34(39)44-32-31-43-3)46-36(41)28-25-23-21-19-17-15-13-11-9-7-5-2;1-4-6-8-10-12-14-16-18-19-21-23-25-34(38)44-31-33(32-45-36(40)28-27-35(39)43-30-29-42-3)46-37(41)26-24-22-20-17-15-13-11-9-7-5-2/h38H,4-33H2,1-3H3;33H,4-32H2,1-3H3. The molecule has 93 heavy (non-hydrogen) atoms. The van der Waals surface area contributed by atoms with E-state index in [9.17, 15) is 38.4 Å². The molecule has 0 bridgehead atoms. The molecule has 0 aliphatic rings.